The molecule has 2 rings (SSSR count). The van der Waals surface area contributed by atoms with Gasteiger partial charge in [-0.25, -0.2) is 0 Å². The molecule has 3 heteroatoms. The van der Waals surface area contributed by atoms with Crippen molar-refractivity contribution >= 4 is 27.3 Å². The van der Waals surface area contributed by atoms with Crippen molar-refractivity contribution in [1.29, 1.82) is 0 Å². The average Bonchev–Trinajstić information content (AvgIpc) is 2.88. The summed E-state index contributed by atoms with van der Waals surface area (Å²) in [6.07, 6.45) is 0. The Labute approximate surface area is 140 Å². The molecule has 1 aromatic heterocycles. The molecule has 0 saturated heterocycles. The molecule has 1 nitrogen and oxygen atoms in total. The van der Waals surface area contributed by atoms with Crippen LogP contribution < -0.4 is 5.32 Å². The quantitative estimate of drug-likeness (QED) is 0.726. The number of halogens is 1. The van der Waals surface area contributed by atoms with Gasteiger partial charge in [0, 0.05) is 4.88 Å². The fraction of sp³-hybridized carbons (Fsp3) is 0.444. The number of nitrogens with one attached hydrogen (secondary N) is 1. The standard InChI is InChI=1S/C18H24BrNS/c1-7-20-18(15-8-9-16(19)21-15)17-13(5)11(3)10(2)12(4)14(17)6/h8-9,18,20H,7H2,1-6H3. The zero-order valence-electron chi connectivity index (χ0n) is 13.7. The van der Waals surface area contributed by atoms with Crippen LogP contribution in [0.1, 0.15) is 51.2 Å². The topological polar surface area (TPSA) is 12.0 Å². The van der Waals surface area contributed by atoms with E-state index in [1.807, 2.05) is 11.3 Å². The first-order valence-electron chi connectivity index (χ1n) is 7.43. The molecular weight excluding hydrogens is 342 g/mol. The maximum Gasteiger partial charge on any atom is 0.0702 e. The van der Waals surface area contributed by atoms with Crippen molar-refractivity contribution in [3.63, 3.8) is 0 Å². The largest absolute Gasteiger partial charge is 0.306 e. The van der Waals surface area contributed by atoms with E-state index in [0.717, 1.165) is 6.54 Å². The molecule has 0 aliphatic heterocycles. The van der Waals surface area contributed by atoms with Gasteiger partial charge in [-0.2, -0.15) is 0 Å². The molecule has 1 heterocycles. The van der Waals surface area contributed by atoms with E-state index in [0.29, 0.717) is 0 Å². The third-order valence-electron chi connectivity index (χ3n) is 4.63. The van der Waals surface area contributed by atoms with Crippen molar-refractivity contribution in [2.75, 3.05) is 6.54 Å². The van der Waals surface area contributed by atoms with Gasteiger partial charge in [-0.1, -0.05) is 6.92 Å². The van der Waals surface area contributed by atoms with Crippen LogP contribution in [0.4, 0.5) is 0 Å². The Morgan fingerprint density at radius 2 is 1.48 bits per heavy atom. The summed E-state index contributed by atoms with van der Waals surface area (Å²) in [5.41, 5.74) is 8.57. The second-order valence-corrected chi connectivity index (χ2v) is 8.17. The predicted molar refractivity (Wildman–Crippen MR) is 97.7 cm³/mol. The number of hydrogen-bond donors (Lipinski definition) is 1. The summed E-state index contributed by atoms with van der Waals surface area (Å²) in [5, 5.41) is 3.67. The first-order chi connectivity index (χ1) is 9.88. The van der Waals surface area contributed by atoms with Crippen molar-refractivity contribution in [3.8, 4) is 0 Å². The molecule has 21 heavy (non-hydrogen) atoms. The van der Waals surface area contributed by atoms with Crippen LogP contribution >= 0.6 is 27.3 Å². The highest BCUT2D eigenvalue weighted by molar-refractivity contribution is 9.11. The van der Waals surface area contributed by atoms with E-state index in [1.54, 1.807) is 0 Å². The summed E-state index contributed by atoms with van der Waals surface area (Å²) >= 11 is 5.41. The van der Waals surface area contributed by atoms with Crippen LogP contribution in [-0.4, -0.2) is 6.54 Å². The van der Waals surface area contributed by atoms with Crippen LogP contribution in [0.25, 0.3) is 0 Å². The Morgan fingerprint density at radius 3 is 1.90 bits per heavy atom. The highest BCUT2D eigenvalue weighted by Crippen LogP contribution is 2.37. The molecule has 0 fully saturated rings. The maximum atomic E-state index is 3.67. The lowest BCUT2D eigenvalue weighted by Crippen LogP contribution is -2.23. The summed E-state index contributed by atoms with van der Waals surface area (Å²) < 4.78 is 1.19. The highest BCUT2D eigenvalue weighted by Gasteiger charge is 2.22. The molecule has 0 amide bonds. The van der Waals surface area contributed by atoms with Gasteiger partial charge in [0.1, 0.15) is 0 Å². The second kappa shape index (κ2) is 6.64. The molecule has 0 aliphatic carbocycles. The van der Waals surface area contributed by atoms with Crippen LogP contribution in [0.5, 0.6) is 0 Å². The van der Waals surface area contributed by atoms with E-state index in [1.165, 1.54) is 42.0 Å². The molecular formula is C18H24BrNS. The summed E-state index contributed by atoms with van der Waals surface area (Å²) in [7, 11) is 0. The molecule has 1 unspecified atom stereocenters. The average molecular weight is 366 g/mol. The van der Waals surface area contributed by atoms with Crippen LogP contribution in [0, 0.1) is 34.6 Å². The van der Waals surface area contributed by atoms with Crippen LogP contribution in [0.2, 0.25) is 0 Å². The van der Waals surface area contributed by atoms with Gasteiger partial charge < -0.3 is 5.32 Å². The molecule has 0 saturated carbocycles. The van der Waals surface area contributed by atoms with E-state index in [9.17, 15) is 0 Å². The Bertz CT molecular complexity index is 628. The lowest BCUT2D eigenvalue weighted by Gasteiger charge is -2.25. The van der Waals surface area contributed by atoms with Gasteiger partial charge in [-0.15, -0.1) is 11.3 Å². The molecule has 0 bridgehead atoms. The van der Waals surface area contributed by atoms with Gasteiger partial charge in [-0.05, 0) is 103 Å². The van der Waals surface area contributed by atoms with Gasteiger partial charge in [0.05, 0.1) is 9.83 Å². The lowest BCUT2D eigenvalue weighted by molar-refractivity contribution is 0.632. The summed E-state index contributed by atoms with van der Waals surface area (Å²) in [4.78, 5) is 1.37. The smallest absolute Gasteiger partial charge is 0.0702 e. The second-order valence-electron chi connectivity index (χ2n) is 5.67. The monoisotopic (exact) mass is 365 g/mol. The molecule has 1 N–H and O–H groups in total. The Balaban J connectivity index is 2.66. The molecule has 0 spiro atoms. The van der Waals surface area contributed by atoms with Gasteiger partial charge >= 0.3 is 0 Å². The molecule has 1 aromatic carbocycles. The van der Waals surface area contributed by atoms with Crippen molar-refractivity contribution in [1.82, 2.24) is 5.32 Å². The Kier molecular flexibility index (Phi) is 5.29. The van der Waals surface area contributed by atoms with Crippen molar-refractivity contribution in [3.05, 3.63) is 54.2 Å². The fourth-order valence-corrected chi connectivity index (χ4v) is 4.50. The number of benzene rings is 1. The minimum Gasteiger partial charge on any atom is -0.306 e. The predicted octanol–water partition coefficient (Wildman–Crippen LogP) is 5.75. The Hall–Kier alpha value is -0.640. The zero-order valence-corrected chi connectivity index (χ0v) is 16.1. The summed E-state index contributed by atoms with van der Waals surface area (Å²) in [6.45, 7) is 14.4. The van der Waals surface area contributed by atoms with Gasteiger partial charge in [0.2, 0.25) is 0 Å². The number of hydrogen-bond acceptors (Lipinski definition) is 2. The minimum absolute atomic E-state index is 0.282. The lowest BCUT2D eigenvalue weighted by atomic mass is 9.86. The number of rotatable bonds is 4. The third-order valence-corrected chi connectivity index (χ3v) is 6.32. The summed E-state index contributed by atoms with van der Waals surface area (Å²) in [5.74, 6) is 0. The van der Waals surface area contributed by atoms with Crippen LogP contribution in [-0.2, 0) is 0 Å². The van der Waals surface area contributed by atoms with Crippen LogP contribution in [0.3, 0.4) is 0 Å². The van der Waals surface area contributed by atoms with Gasteiger partial charge in [0.25, 0.3) is 0 Å². The van der Waals surface area contributed by atoms with Crippen LogP contribution in [0.15, 0.2) is 15.9 Å². The first kappa shape index (κ1) is 16.7. The Morgan fingerprint density at radius 1 is 0.952 bits per heavy atom. The first-order valence-corrected chi connectivity index (χ1v) is 9.04. The van der Waals surface area contributed by atoms with E-state index < -0.39 is 0 Å². The molecule has 2 aromatic rings. The highest BCUT2D eigenvalue weighted by atomic mass is 79.9. The van der Waals surface area contributed by atoms with Crippen molar-refractivity contribution in [2.24, 2.45) is 0 Å². The van der Waals surface area contributed by atoms with E-state index in [-0.39, 0.29) is 6.04 Å². The van der Waals surface area contributed by atoms with Crippen molar-refractivity contribution in [2.45, 2.75) is 47.6 Å². The summed E-state index contributed by atoms with van der Waals surface area (Å²) in [6, 6.07) is 4.65. The number of thiophene rings is 1. The molecule has 114 valence electrons. The van der Waals surface area contributed by atoms with Gasteiger partial charge in [-0.3, -0.25) is 0 Å². The minimum atomic E-state index is 0.282. The van der Waals surface area contributed by atoms with E-state index in [2.05, 4.69) is 74.9 Å². The fourth-order valence-electron chi connectivity index (χ4n) is 2.99. The van der Waals surface area contributed by atoms with Gasteiger partial charge in [0.15, 0.2) is 0 Å². The maximum absolute atomic E-state index is 3.67. The normalized spacial score (nSPS) is 12.7. The molecule has 0 aliphatic rings. The van der Waals surface area contributed by atoms with E-state index in [4.69, 9.17) is 0 Å². The third kappa shape index (κ3) is 3.10. The van der Waals surface area contributed by atoms with E-state index >= 15 is 0 Å². The molecule has 0 radical (unpaired) electrons. The SMILES string of the molecule is CCNC(c1ccc(Br)s1)c1c(C)c(C)c(C)c(C)c1C. The van der Waals surface area contributed by atoms with Crippen molar-refractivity contribution < 1.29 is 0 Å². The zero-order chi connectivity index (χ0) is 15.7. The molecule has 1 atom stereocenters.